The summed E-state index contributed by atoms with van der Waals surface area (Å²) >= 11 is 0. The van der Waals surface area contributed by atoms with Crippen molar-refractivity contribution in [2.45, 2.75) is 51.2 Å². The van der Waals surface area contributed by atoms with Crippen molar-refractivity contribution in [2.75, 3.05) is 6.54 Å². The second-order valence-electron chi connectivity index (χ2n) is 7.94. The molecular formula is C21H30N4O8. The number of carbonyl (C=O) groups excluding carboxylic acids is 3. The maximum Gasteiger partial charge on any atom is 0.326 e. The smallest absolute Gasteiger partial charge is 0.326 e. The Labute approximate surface area is 190 Å². The average molecular weight is 466 g/mol. The first-order valence-corrected chi connectivity index (χ1v) is 10.2. The molecule has 0 saturated carbocycles. The van der Waals surface area contributed by atoms with Gasteiger partial charge in [-0.2, -0.15) is 0 Å². The van der Waals surface area contributed by atoms with E-state index in [-0.39, 0.29) is 24.5 Å². The molecule has 1 rings (SSSR count). The van der Waals surface area contributed by atoms with E-state index in [1.165, 1.54) is 24.3 Å². The summed E-state index contributed by atoms with van der Waals surface area (Å²) in [5.74, 6) is -4.82. The van der Waals surface area contributed by atoms with Crippen LogP contribution in [0, 0.1) is 5.92 Å². The van der Waals surface area contributed by atoms with Crippen LogP contribution in [0.5, 0.6) is 5.75 Å². The van der Waals surface area contributed by atoms with E-state index in [0.717, 1.165) is 0 Å². The lowest BCUT2D eigenvalue weighted by Gasteiger charge is -2.23. The third-order valence-corrected chi connectivity index (χ3v) is 4.50. The third-order valence-electron chi connectivity index (χ3n) is 4.50. The Hall–Kier alpha value is -3.67. The molecular weight excluding hydrogens is 436 g/mol. The summed E-state index contributed by atoms with van der Waals surface area (Å²) in [7, 11) is 0. The highest BCUT2D eigenvalue weighted by atomic mass is 16.4. The third kappa shape index (κ3) is 10.5. The highest BCUT2D eigenvalue weighted by molar-refractivity contribution is 5.93. The van der Waals surface area contributed by atoms with Crippen LogP contribution in [0.2, 0.25) is 0 Å². The quantitative estimate of drug-likeness (QED) is 0.189. The van der Waals surface area contributed by atoms with Crippen molar-refractivity contribution in [1.29, 1.82) is 0 Å². The average Bonchev–Trinajstić information content (AvgIpc) is 2.71. The molecule has 182 valence electrons. The molecule has 1 aromatic rings. The van der Waals surface area contributed by atoms with Gasteiger partial charge in [-0.3, -0.25) is 19.2 Å². The highest BCUT2D eigenvalue weighted by Gasteiger charge is 2.27. The lowest BCUT2D eigenvalue weighted by molar-refractivity contribution is -0.142. The molecule has 0 aliphatic carbocycles. The standard InChI is InChI=1S/C21H30N4O8/c1-11(2)7-15(24-17(27)10-23-19(30)14(22)9-18(28)29)20(31)25-16(21(32)33)8-12-3-5-13(26)6-4-12/h3-6,11,14-16,26H,7-10,22H2,1-2H3,(H,23,30)(H,24,27)(H,25,31)(H,28,29)(H,32,33). The van der Waals surface area contributed by atoms with Crippen molar-refractivity contribution in [3.63, 3.8) is 0 Å². The second kappa shape index (κ2) is 13.0. The molecule has 0 aliphatic heterocycles. The van der Waals surface area contributed by atoms with E-state index in [2.05, 4.69) is 16.0 Å². The second-order valence-corrected chi connectivity index (χ2v) is 7.94. The monoisotopic (exact) mass is 466 g/mol. The first kappa shape index (κ1) is 27.4. The van der Waals surface area contributed by atoms with Crippen LogP contribution in [0.15, 0.2) is 24.3 Å². The first-order chi connectivity index (χ1) is 15.4. The normalized spacial score (nSPS) is 13.5. The zero-order valence-electron chi connectivity index (χ0n) is 18.4. The SMILES string of the molecule is CC(C)CC(NC(=O)CNC(=O)C(N)CC(=O)O)C(=O)NC(Cc1ccc(O)cc1)C(=O)O. The number of aromatic hydroxyl groups is 1. The fraction of sp³-hybridized carbons (Fsp3) is 0.476. The molecule has 0 radical (unpaired) electrons. The molecule has 0 fully saturated rings. The van der Waals surface area contributed by atoms with E-state index in [1.54, 1.807) is 0 Å². The number of benzene rings is 1. The van der Waals surface area contributed by atoms with Crippen LogP contribution in [-0.4, -0.2) is 69.7 Å². The molecule has 0 aliphatic rings. The van der Waals surface area contributed by atoms with E-state index in [9.17, 15) is 34.2 Å². The lowest BCUT2D eigenvalue weighted by Crippen LogP contribution is -2.54. The number of nitrogens with two attached hydrogens (primary N) is 1. The van der Waals surface area contributed by atoms with Gasteiger partial charge in [0.1, 0.15) is 17.8 Å². The Kier molecular flexibility index (Phi) is 10.8. The molecule has 12 nitrogen and oxygen atoms in total. The molecule has 3 amide bonds. The van der Waals surface area contributed by atoms with E-state index in [0.29, 0.717) is 5.56 Å². The Balaban J connectivity index is 2.76. The van der Waals surface area contributed by atoms with Crippen LogP contribution in [0.4, 0.5) is 0 Å². The summed E-state index contributed by atoms with van der Waals surface area (Å²) in [6.07, 6.45) is -0.444. The Morgan fingerprint density at radius 1 is 0.939 bits per heavy atom. The van der Waals surface area contributed by atoms with Gasteiger partial charge in [-0.15, -0.1) is 0 Å². The van der Waals surface area contributed by atoms with Gasteiger partial charge < -0.3 is 37.0 Å². The molecule has 3 atom stereocenters. The number of hydrogen-bond donors (Lipinski definition) is 7. The number of nitrogens with one attached hydrogen (secondary N) is 3. The Morgan fingerprint density at radius 2 is 1.55 bits per heavy atom. The zero-order valence-corrected chi connectivity index (χ0v) is 18.4. The van der Waals surface area contributed by atoms with Gasteiger partial charge >= 0.3 is 11.9 Å². The van der Waals surface area contributed by atoms with Crippen molar-refractivity contribution < 1.29 is 39.3 Å². The van der Waals surface area contributed by atoms with Gasteiger partial charge in [0.2, 0.25) is 17.7 Å². The predicted molar refractivity (Wildman–Crippen MR) is 116 cm³/mol. The fourth-order valence-corrected chi connectivity index (χ4v) is 2.87. The predicted octanol–water partition coefficient (Wildman–Crippen LogP) is -1.05. The number of hydrogen-bond acceptors (Lipinski definition) is 7. The number of rotatable bonds is 13. The van der Waals surface area contributed by atoms with Crippen molar-refractivity contribution in [3.8, 4) is 5.75 Å². The summed E-state index contributed by atoms with van der Waals surface area (Å²) < 4.78 is 0. The summed E-state index contributed by atoms with van der Waals surface area (Å²) in [5, 5.41) is 34.5. The van der Waals surface area contributed by atoms with Gasteiger partial charge in [-0.1, -0.05) is 26.0 Å². The fourth-order valence-electron chi connectivity index (χ4n) is 2.87. The van der Waals surface area contributed by atoms with Crippen LogP contribution in [0.25, 0.3) is 0 Å². The van der Waals surface area contributed by atoms with E-state index >= 15 is 0 Å². The molecule has 0 saturated heterocycles. The number of phenolic OH excluding ortho intramolecular Hbond substituents is 1. The molecule has 3 unspecified atom stereocenters. The van der Waals surface area contributed by atoms with Gasteiger partial charge in [-0.05, 0) is 30.0 Å². The van der Waals surface area contributed by atoms with Crippen molar-refractivity contribution >= 4 is 29.7 Å². The minimum Gasteiger partial charge on any atom is -0.508 e. The molecule has 0 bridgehead atoms. The summed E-state index contributed by atoms with van der Waals surface area (Å²) in [6.45, 7) is 3.08. The molecule has 8 N–H and O–H groups in total. The molecule has 0 aromatic heterocycles. The summed E-state index contributed by atoms with van der Waals surface area (Å²) in [5.41, 5.74) is 5.99. The maximum atomic E-state index is 12.7. The van der Waals surface area contributed by atoms with Crippen LogP contribution in [-0.2, 0) is 30.4 Å². The van der Waals surface area contributed by atoms with Gasteiger partial charge in [-0.25, -0.2) is 4.79 Å². The number of phenols is 1. The van der Waals surface area contributed by atoms with Crippen molar-refractivity contribution in [2.24, 2.45) is 11.7 Å². The van der Waals surface area contributed by atoms with Crippen LogP contribution in [0.1, 0.15) is 32.3 Å². The largest absolute Gasteiger partial charge is 0.508 e. The molecule has 33 heavy (non-hydrogen) atoms. The van der Waals surface area contributed by atoms with Gasteiger partial charge in [0.25, 0.3) is 0 Å². The zero-order chi connectivity index (χ0) is 25.1. The molecule has 0 spiro atoms. The topological polar surface area (TPSA) is 208 Å². The highest BCUT2D eigenvalue weighted by Crippen LogP contribution is 2.12. The molecule has 0 heterocycles. The van der Waals surface area contributed by atoms with E-state index in [1.807, 2.05) is 13.8 Å². The van der Waals surface area contributed by atoms with Gasteiger partial charge in [0, 0.05) is 6.42 Å². The van der Waals surface area contributed by atoms with Gasteiger partial charge in [0.05, 0.1) is 19.0 Å². The number of amides is 3. The number of carboxylic acids is 2. The van der Waals surface area contributed by atoms with Crippen LogP contribution < -0.4 is 21.7 Å². The Bertz CT molecular complexity index is 856. The maximum absolute atomic E-state index is 12.7. The molecule has 1 aromatic carbocycles. The van der Waals surface area contributed by atoms with Gasteiger partial charge in [0.15, 0.2) is 0 Å². The van der Waals surface area contributed by atoms with Crippen LogP contribution in [0.3, 0.4) is 0 Å². The minimum absolute atomic E-state index is 0.0189. The minimum atomic E-state index is -1.33. The first-order valence-electron chi connectivity index (χ1n) is 10.2. The van der Waals surface area contributed by atoms with Crippen LogP contribution >= 0.6 is 0 Å². The van der Waals surface area contributed by atoms with E-state index in [4.69, 9.17) is 10.8 Å². The number of carbonyl (C=O) groups is 5. The number of carboxylic acid groups (broad SMARTS) is 2. The van der Waals surface area contributed by atoms with Crippen molar-refractivity contribution in [3.05, 3.63) is 29.8 Å². The lowest BCUT2D eigenvalue weighted by atomic mass is 10.0. The van der Waals surface area contributed by atoms with E-state index < -0.39 is 60.8 Å². The summed E-state index contributed by atoms with van der Waals surface area (Å²) in [6, 6.07) is 2.18. The number of aliphatic carboxylic acids is 2. The van der Waals surface area contributed by atoms with Crippen molar-refractivity contribution in [1.82, 2.24) is 16.0 Å². The molecule has 12 heteroatoms. The Morgan fingerprint density at radius 3 is 2.06 bits per heavy atom. The summed E-state index contributed by atoms with van der Waals surface area (Å²) in [4.78, 5) is 59.0.